The molecule has 1 amide bonds. The van der Waals surface area contributed by atoms with E-state index in [1.165, 1.54) is 0 Å². The molecule has 1 aliphatic rings. The normalized spacial score (nSPS) is 17.1. The van der Waals surface area contributed by atoms with Crippen LogP contribution in [0.15, 0.2) is 24.3 Å². The molecule has 2 aromatic rings. The van der Waals surface area contributed by atoms with Crippen molar-refractivity contribution in [1.82, 2.24) is 25.0 Å². The van der Waals surface area contributed by atoms with Crippen LogP contribution in [0.25, 0.3) is 0 Å². The number of amides is 1. The van der Waals surface area contributed by atoms with Crippen LogP contribution >= 0.6 is 0 Å². The van der Waals surface area contributed by atoms with Crippen LogP contribution in [-0.2, 0) is 18.4 Å². The minimum Gasteiger partial charge on any atom is -0.492 e. The number of fused-ring (bicyclic) bond motifs is 1. The SMILES string of the molecule is Cc1nnc(CN(C)C(=O)C2NCCOc3ccccc32)n1C. The summed E-state index contributed by atoms with van der Waals surface area (Å²) >= 11 is 0. The van der Waals surface area contributed by atoms with Crippen molar-refractivity contribution in [3.8, 4) is 5.75 Å². The van der Waals surface area contributed by atoms with Gasteiger partial charge in [0, 0.05) is 26.2 Å². The number of carbonyl (C=O) groups is 1. The Morgan fingerprint density at radius 3 is 2.96 bits per heavy atom. The summed E-state index contributed by atoms with van der Waals surface area (Å²) in [6, 6.07) is 7.25. The summed E-state index contributed by atoms with van der Waals surface area (Å²) < 4.78 is 7.58. The minimum absolute atomic E-state index is 0.0106. The second-order valence-corrected chi connectivity index (χ2v) is 5.69. The zero-order valence-electron chi connectivity index (χ0n) is 13.6. The smallest absolute Gasteiger partial charge is 0.244 e. The molecule has 1 aliphatic heterocycles. The zero-order valence-corrected chi connectivity index (χ0v) is 13.6. The molecule has 1 aromatic carbocycles. The highest BCUT2D eigenvalue weighted by Gasteiger charge is 2.28. The summed E-state index contributed by atoms with van der Waals surface area (Å²) in [5, 5.41) is 11.4. The van der Waals surface area contributed by atoms with Crippen LogP contribution in [0, 0.1) is 6.92 Å². The van der Waals surface area contributed by atoms with E-state index in [-0.39, 0.29) is 5.91 Å². The Kier molecular flexibility index (Phi) is 4.29. The average Bonchev–Trinajstić information content (AvgIpc) is 2.78. The van der Waals surface area contributed by atoms with Crippen LogP contribution in [0.4, 0.5) is 0 Å². The summed E-state index contributed by atoms with van der Waals surface area (Å²) in [5.41, 5.74) is 0.871. The Bertz CT molecular complexity index is 712. The van der Waals surface area contributed by atoms with E-state index in [1.807, 2.05) is 42.8 Å². The Morgan fingerprint density at radius 2 is 2.22 bits per heavy atom. The molecule has 1 unspecified atom stereocenters. The fraction of sp³-hybridized carbons (Fsp3) is 0.438. The number of hydrogen-bond acceptors (Lipinski definition) is 5. The first kappa shape index (κ1) is 15.5. The predicted molar refractivity (Wildman–Crippen MR) is 84.9 cm³/mol. The fourth-order valence-electron chi connectivity index (χ4n) is 2.64. The number of ether oxygens (including phenoxy) is 1. The number of aromatic nitrogens is 3. The lowest BCUT2D eigenvalue weighted by molar-refractivity contribution is -0.133. The molecule has 0 spiro atoms. The molecular weight excluding hydrogens is 294 g/mol. The van der Waals surface area contributed by atoms with Gasteiger partial charge in [-0.05, 0) is 13.0 Å². The van der Waals surface area contributed by atoms with Gasteiger partial charge in [-0.15, -0.1) is 10.2 Å². The van der Waals surface area contributed by atoms with Gasteiger partial charge in [0.2, 0.25) is 5.91 Å². The Labute approximate surface area is 135 Å². The van der Waals surface area contributed by atoms with Gasteiger partial charge in [0.25, 0.3) is 0 Å². The first-order valence-electron chi connectivity index (χ1n) is 7.63. The molecule has 0 saturated heterocycles. The van der Waals surface area contributed by atoms with Crippen molar-refractivity contribution >= 4 is 5.91 Å². The molecule has 0 radical (unpaired) electrons. The number of para-hydroxylation sites is 1. The van der Waals surface area contributed by atoms with Gasteiger partial charge in [-0.2, -0.15) is 0 Å². The van der Waals surface area contributed by atoms with Gasteiger partial charge >= 0.3 is 0 Å². The third-order valence-corrected chi connectivity index (χ3v) is 4.12. The number of likely N-dealkylation sites (N-methyl/N-ethyl adjacent to an activating group) is 1. The van der Waals surface area contributed by atoms with E-state index in [0.717, 1.165) is 23.0 Å². The van der Waals surface area contributed by atoms with E-state index in [0.29, 0.717) is 19.7 Å². The number of nitrogens with one attached hydrogen (secondary N) is 1. The van der Waals surface area contributed by atoms with Crippen molar-refractivity contribution in [2.45, 2.75) is 19.5 Å². The van der Waals surface area contributed by atoms with Gasteiger partial charge in [-0.3, -0.25) is 10.1 Å². The highest BCUT2D eigenvalue weighted by Crippen LogP contribution is 2.28. The van der Waals surface area contributed by atoms with Crippen LogP contribution in [-0.4, -0.2) is 45.8 Å². The summed E-state index contributed by atoms with van der Waals surface area (Å²) in [4.78, 5) is 14.6. The van der Waals surface area contributed by atoms with Crippen molar-refractivity contribution in [1.29, 1.82) is 0 Å². The van der Waals surface area contributed by atoms with Crippen LogP contribution in [0.3, 0.4) is 0 Å². The average molecular weight is 315 g/mol. The molecule has 23 heavy (non-hydrogen) atoms. The second-order valence-electron chi connectivity index (χ2n) is 5.69. The van der Waals surface area contributed by atoms with E-state index in [9.17, 15) is 4.79 Å². The second kappa shape index (κ2) is 6.37. The molecule has 1 aromatic heterocycles. The van der Waals surface area contributed by atoms with Crippen molar-refractivity contribution in [3.05, 3.63) is 41.5 Å². The van der Waals surface area contributed by atoms with Gasteiger partial charge in [0.05, 0.1) is 6.54 Å². The van der Waals surface area contributed by atoms with Gasteiger partial charge in [0.15, 0.2) is 5.82 Å². The quantitative estimate of drug-likeness (QED) is 0.907. The molecule has 7 nitrogen and oxygen atoms in total. The monoisotopic (exact) mass is 315 g/mol. The van der Waals surface area contributed by atoms with Gasteiger partial charge in [0.1, 0.15) is 24.2 Å². The molecule has 122 valence electrons. The molecule has 0 bridgehead atoms. The zero-order chi connectivity index (χ0) is 16.4. The third kappa shape index (κ3) is 3.05. The summed E-state index contributed by atoms with van der Waals surface area (Å²) in [7, 11) is 3.68. The maximum Gasteiger partial charge on any atom is 0.244 e. The number of rotatable bonds is 3. The molecular formula is C16H21N5O2. The molecule has 0 aliphatic carbocycles. The molecule has 3 rings (SSSR count). The Hall–Kier alpha value is -2.41. The maximum atomic E-state index is 12.9. The molecule has 1 N–H and O–H groups in total. The lowest BCUT2D eigenvalue weighted by Gasteiger charge is -2.23. The van der Waals surface area contributed by atoms with Gasteiger partial charge in [-0.1, -0.05) is 18.2 Å². The van der Waals surface area contributed by atoms with Crippen molar-refractivity contribution in [2.75, 3.05) is 20.2 Å². The van der Waals surface area contributed by atoms with Gasteiger partial charge in [-0.25, -0.2) is 0 Å². The van der Waals surface area contributed by atoms with E-state index in [2.05, 4.69) is 15.5 Å². The summed E-state index contributed by atoms with van der Waals surface area (Å²) in [5.74, 6) is 2.34. The molecule has 0 fully saturated rings. The number of carbonyl (C=O) groups excluding carboxylic acids is 1. The first-order valence-corrected chi connectivity index (χ1v) is 7.63. The number of benzene rings is 1. The molecule has 7 heteroatoms. The molecule has 2 heterocycles. The lowest BCUT2D eigenvalue weighted by Crippen LogP contribution is -2.39. The Morgan fingerprint density at radius 1 is 1.43 bits per heavy atom. The fourth-order valence-corrected chi connectivity index (χ4v) is 2.64. The highest BCUT2D eigenvalue weighted by molar-refractivity contribution is 5.84. The van der Waals surface area contributed by atoms with Crippen LogP contribution in [0.5, 0.6) is 5.75 Å². The van der Waals surface area contributed by atoms with Crippen LogP contribution < -0.4 is 10.1 Å². The van der Waals surface area contributed by atoms with E-state index in [4.69, 9.17) is 4.74 Å². The summed E-state index contributed by atoms with van der Waals surface area (Å²) in [6.45, 7) is 3.48. The number of hydrogen-bond donors (Lipinski definition) is 1. The topological polar surface area (TPSA) is 72.3 Å². The van der Waals surface area contributed by atoms with Crippen LogP contribution in [0.1, 0.15) is 23.3 Å². The van der Waals surface area contributed by atoms with Crippen molar-refractivity contribution < 1.29 is 9.53 Å². The van der Waals surface area contributed by atoms with Crippen molar-refractivity contribution in [2.24, 2.45) is 7.05 Å². The maximum absolute atomic E-state index is 12.9. The molecule has 0 saturated carbocycles. The van der Waals surface area contributed by atoms with Gasteiger partial charge < -0.3 is 14.2 Å². The lowest BCUT2D eigenvalue weighted by atomic mass is 10.0. The Balaban J connectivity index is 1.80. The largest absolute Gasteiger partial charge is 0.492 e. The third-order valence-electron chi connectivity index (χ3n) is 4.12. The predicted octanol–water partition coefficient (Wildman–Crippen LogP) is 0.805. The number of nitrogens with zero attached hydrogens (tertiary/aromatic N) is 4. The van der Waals surface area contributed by atoms with Crippen LogP contribution in [0.2, 0.25) is 0 Å². The standard InChI is InChI=1S/C16H21N5O2/c1-11-18-19-14(21(11)3)10-20(2)16(22)15-12-6-4-5-7-13(12)23-9-8-17-15/h4-7,15,17H,8-10H2,1-3H3. The number of aryl methyl sites for hydroxylation is 1. The highest BCUT2D eigenvalue weighted by atomic mass is 16.5. The first-order chi connectivity index (χ1) is 11.1. The summed E-state index contributed by atoms with van der Waals surface area (Å²) in [6.07, 6.45) is 0. The molecule has 1 atom stereocenters. The van der Waals surface area contributed by atoms with E-state index < -0.39 is 6.04 Å². The van der Waals surface area contributed by atoms with Crippen molar-refractivity contribution in [3.63, 3.8) is 0 Å². The minimum atomic E-state index is -0.409. The van der Waals surface area contributed by atoms with E-state index >= 15 is 0 Å². The van der Waals surface area contributed by atoms with E-state index in [1.54, 1.807) is 11.9 Å².